The molecule has 3 aromatic carbocycles. The number of benzene rings is 3. The van der Waals surface area contributed by atoms with Crippen molar-refractivity contribution in [2.75, 3.05) is 7.11 Å². The molecule has 5 nitrogen and oxygen atoms in total. The number of hydrogen-bond donors (Lipinski definition) is 2. The Labute approximate surface area is 158 Å². The van der Waals surface area contributed by atoms with Crippen molar-refractivity contribution in [1.29, 1.82) is 0 Å². The average molecular weight is 364 g/mol. The van der Waals surface area contributed by atoms with Gasteiger partial charge in [0.15, 0.2) is 0 Å². The highest BCUT2D eigenvalue weighted by Crippen LogP contribution is 2.20. The third-order valence-electron chi connectivity index (χ3n) is 4.09. The first kappa shape index (κ1) is 18.8. The predicted octanol–water partition coefficient (Wildman–Crippen LogP) is 2.53. The third kappa shape index (κ3) is 5.26. The van der Waals surface area contributed by atoms with Gasteiger partial charge < -0.3 is 24.3 Å². The maximum absolute atomic E-state index is 9.50. The summed E-state index contributed by atoms with van der Waals surface area (Å²) in [7, 11) is -0.00770. The van der Waals surface area contributed by atoms with Crippen LogP contribution < -0.4 is 19.7 Å². The van der Waals surface area contributed by atoms with E-state index in [2.05, 4.69) is 0 Å². The minimum Gasteiger partial charge on any atom is -0.497 e. The lowest BCUT2D eigenvalue weighted by atomic mass is 9.77. The van der Waals surface area contributed by atoms with Gasteiger partial charge in [0.25, 0.3) is 0 Å². The van der Waals surface area contributed by atoms with Crippen LogP contribution in [0.2, 0.25) is 0 Å². The lowest BCUT2D eigenvalue weighted by Gasteiger charge is -2.13. The Kier molecular flexibility index (Phi) is 6.36. The van der Waals surface area contributed by atoms with E-state index >= 15 is 0 Å². The van der Waals surface area contributed by atoms with Gasteiger partial charge in [-0.25, -0.2) is 0 Å². The Balaban J connectivity index is 1.60. The molecule has 3 rings (SSSR count). The van der Waals surface area contributed by atoms with Gasteiger partial charge in [-0.1, -0.05) is 36.4 Å². The molecule has 6 heteroatoms. The molecule has 0 radical (unpaired) electrons. The van der Waals surface area contributed by atoms with Crippen molar-refractivity contribution < 1.29 is 24.3 Å². The van der Waals surface area contributed by atoms with Gasteiger partial charge in [0, 0.05) is 0 Å². The Morgan fingerprint density at radius 3 is 1.93 bits per heavy atom. The Morgan fingerprint density at radius 1 is 0.741 bits per heavy atom. The molecule has 0 amide bonds. The molecule has 0 heterocycles. The second-order valence-corrected chi connectivity index (χ2v) is 5.97. The summed E-state index contributed by atoms with van der Waals surface area (Å²) >= 11 is 0. The largest absolute Gasteiger partial charge is 0.497 e. The molecule has 0 bridgehead atoms. The topological polar surface area (TPSA) is 68.2 Å². The first-order valence-corrected chi connectivity index (χ1v) is 8.58. The van der Waals surface area contributed by atoms with Gasteiger partial charge >= 0.3 is 7.12 Å². The van der Waals surface area contributed by atoms with E-state index in [-0.39, 0.29) is 6.61 Å². The van der Waals surface area contributed by atoms with Crippen molar-refractivity contribution >= 4 is 12.6 Å². The maximum Gasteiger partial charge on any atom is 0.488 e. The van der Waals surface area contributed by atoms with E-state index in [1.165, 1.54) is 0 Å². The normalized spacial score (nSPS) is 10.3. The smallest absolute Gasteiger partial charge is 0.488 e. The molecular formula is C21H21BO5. The van der Waals surface area contributed by atoms with Crippen molar-refractivity contribution in [3.63, 3.8) is 0 Å². The van der Waals surface area contributed by atoms with Crippen molar-refractivity contribution in [1.82, 2.24) is 0 Å². The van der Waals surface area contributed by atoms with Gasteiger partial charge in [-0.15, -0.1) is 0 Å². The van der Waals surface area contributed by atoms with Crippen LogP contribution in [-0.2, 0) is 13.2 Å². The van der Waals surface area contributed by atoms with Crippen LogP contribution in [0.4, 0.5) is 0 Å². The highest BCUT2D eigenvalue weighted by atomic mass is 16.5. The molecule has 0 aliphatic rings. The van der Waals surface area contributed by atoms with Crippen LogP contribution in [0.1, 0.15) is 11.1 Å². The summed E-state index contributed by atoms with van der Waals surface area (Å²) in [5.41, 5.74) is 2.14. The van der Waals surface area contributed by atoms with Gasteiger partial charge in [-0.3, -0.25) is 0 Å². The van der Waals surface area contributed by atoms with Crippen molar-refractivity contribution in [3.05, 3.63) is 83.9 Å². The molecule has 0 fully saturated rings. The fourth-order valence-corrected chi connectivity index (χ4v) is 2.62. The maximum atomic E-state index is 9.50. The molecule has 0 saturated heterocycles. The van der Waals surface area contributed by atoms with Crippen LogP contribution in [0, 0.1) is 0 Å². The summed E-state index contributed by atoms with van der Waals surface area (Å²) in [6.45, 7) is 0.691. The molecule has 0 aliphatic heterocycles. The highest BCUT2D eigenvalue weighted by Gasteiger charge is 2.17. The predicted molar refractivity (Wildman–Crippen MR) is 104 cm³/mol. The zero-order chi connectivity index (χ0) is 19.1. The summed E-state index contributed by atoms with van der Waals surface area (Å²) < 4.78 is 16.7. The van der Waals surface area contributed by atoms with Gasteiger partial charge in [-0.2, -0.15) is 0 Å². The number of hydrogen-bond acceptors (Lipinski definition) is 5. The lowest BCUT2D eigenvalue weighted by Crippen LogP contribution is -2.33. The summed E-state index contributed by atoms with van der Waals surface area (Å²) in [6, 6.07) is 22.3. The van der Waals surface area contributed by atoms with Crippen molar-refractivity contribution in [2.24, 2.45) is 0 Å². The van der Waals surface area contributed by atoms with Crippen molar-refractivity contribution in [3.8, 4) is 17.2 Å². The number of ether oxygens (including phenoxy) is 3. The zero-order valence-electron chi connectivity index (χ0n) is 15.0. The second-order valence-electron chi connectivity index (χ2n) is 5.97. The Hall–Kier alpha value is -2.96. The van der Waals surface area contributed by atoms with Crippen LogP contribution in [0.5, 0.6) is 17.2 Å². The molecule has 0 spiro atoms. The molecule has 27 heavy (non-hydrogen) atoms. The van der Waals surface area contributed by atoms with Crippen LogP contribution in [0.3, 0.4) is 0 Å². The zero-order valence-corrected chi connectivity index (χ0v) is 15.0. The Morgan fingerprint density at radius 2 is 1.33 bits per heavy atom. The van der Waals surface area contributed by atoms with Crippen molar-refractivity contribution in [2.45, 2.75) is 13.2 Å². The first-order valence-electron chi connectivity index (χ1n) is 8.58. The molecule has 0 aromatic heterocycles. The molecule has 0 unspecified atom stereocenters. The first-order chi connectivity index (χ1) is 13.2. The minimum absolute atomic E-state index is 0.189. The molecule has 3 aromatic rings. The third-order valence-corrected chi connectivity index (χ3v) is 4.09. The van der Waals surface area contributed by atoms with E-state index in [1.54, 1.807) is 25.3 Å². The van der Waals surface area contributed by atoms with Crippen LogP contribution in [-0.4, -0.2) is 24.3 Å². The highest BCUT2D eigenvalue weighted by molar-refractivity contribution is 6.59. The fraction of sp³-hybridized carbons (Fsp3) is 0.143. The van der Waals surface area contributed by atoms with Gasteiger partial charge in [0.1, 0.15) is 30.5 Å². The van der Waals surface area contributed by atoms with E-state index < -0.39 is 7.12 Å². The minimum atomic E-state index is -1.57. The average Bonchev–Trinajstić information content (AvgIpc) is 2.72. The molecule has 0 aliphatic carbocycles. The molecule has 0 atom stereocenters. The monoisotopic (exact) mass is 364 g/mol. The van der Waals surface area contributed by atoms with E-state index in [0.29, 0.717) is 29.1 Å². The molecular weight excluding hydrogens is 343 g/mol. The van der Waals surface area contributed by atoms with Crippen LogP contribution >= 0.6 is 0 Å². The molecule has 0 saturated carbocycles. The summed E-state index contributed by atoms with van der Waals surface area (Å²) in [5, 5.41) is 19.0. The molecule has 138 valence electrons. The van der Waals surface area contributed by atoms with Gasteiger partial charge in [0.05, 0.1) is 7.11 Å². The SMILES string of the molecule is COc1ccc(B(O)O)c(COc2ccc(OCc3ccccc3)cc2)c1. The summed E-state index contributed by atoms with van der Waals surface area (Å²) in [5.74, 6) is 2.03. The van der Waals surface area contributed by atoms with E-state index in [0.717, 1.165) is 11.3 Å². The number of methoxy groups -OCH3 is 1. The van der Waals surface area contributed by atoms with Gasteiger partial charge in [0.2, 0.25) is 0 Å². The Bertz CT molecular complexity index is 850. The lowest BCUT2D eigenvalue weighted by molar-refractivity contribution is 0.297. The van der Waals surface area contributed by atoms with E-state index in [1.807, 2.05) is 54.6 Å². The quantitative estimate of drug-likeness (QED) is 0.602. The summed E-state index contributed by atoms with van der Waals surface area (Å²) in [4.78, 5) is 0. The second kappa shape index (κ2) is 9.12. The van der Waals surface area contributed by atoms with E-state index in [4.69, 9.17) is 14.2 Å². The standard InChI is InChI=1S/C21H21BO5/c1-25-20-11-12-21(22(23)24)17(13-20)15-27-19-9-7-18(8-10-19)26-14-16-5-3-2-4-6-16/h2-13,23-24H,14-15H2,1H3. The van der Waals surface area contributed by atoms with Crippen LogP contribution in [0.25, 0.3) is 0 Å². The number of rotatable bonds is 8. The summed E-state index contributed by atoms with van der Waals surface area (Å²) in [6.07, 6.45) is 0. The van der Waals surface area contributed by atoms with Crippen LogP contribution in [0.15, 0.2) is 72.8 Å². The van der Waals surface area contributed by atoms with E-state index in [9.17, 15) is 10.0 Å². The van der Waals surface area contributed by atoms with Gasteiger partial charge in [-0.05, 0) is 53.0 Å². The fourth-order valence-electron chi connectivity index (χ4n) is 2.62. The molecule has 2 N–H and O–H groups in total.